The van der Waals surface area contributed by atoms with Crippen LogP contribution < -0.4 is 4.74 Å². The van der Waals surface area contributed by atoms with Crippen LogP contribution in [0.25, 0.3) is 10.8 Å². The van der Waals surface area contributed by atoms with Crippen molar-refractivity contribution in [3.05, 3.63) is 40.9 Å². The molecule has 0 spiro atoms. The van der Waals surface area contributed by atoms with Crippen LogP contribution >= 0.6 is 15.9 Å². The number of rotatable bonds is 4. The number of carboxylic acids is 1. The largest absolute Gasteiger partial charge is 0.484 e. The van der Waals surface area contributed by atoms with E-state index in [0.717, 1.165) is 15.2 Å². The fraction of sp³-hybridized carbons (Fsp3) is 0.333. The van der Waals surface area contributed by atoms with Crippen LogP contribution in [0.4, 0.5) is 0 Å². The number of hydrogen-bond donors (Lipinski definition) is 1. The van der Waals surface area contributed by atoms with Gasteiger partial charge >= 0.3 is 5.97 Å². The van der Waals surface area contributed by atoms with Gasteiger partial charge in [0.25, 0.3) is 5.91 Å². The molecule has 126 valence electrons. The maximum absolute atomic E-state index is 12.2. The van der Waals surface area contributed by atoms with Crippen molar-refractivity contribution >= 4 is 38.6 Å². The van der Waals surface area contributed by atoms with Crippen LogP contribution in [0.15, 0.2) is 40.9 Å². The molecule has 6 heteroatoms. The number of carbonyl (C=O) groups excluding carboxylic acids is 1. The zero-order chi connectivity index (χ0) is 17.1. The number of nitrogens with zero attached hydrogens (tertiary/aromatic N) is 1. The SMILES string of the molecule is O=C(O)[C@H]1CCCN(C(=O)COc2ccc3cc(Br)ccc3c2)C1. The summed E-state index contributed by atoms with van der Waals surface area (Å²) in [5, 5.41) is 11.2. The molecular weight excluding hydrogens is 374 g/mol. The van der Waals surface area contributed by atoms with Crippen LogP contribution in [-0.2, 0) is 9.59 Å². The minimum atomic E-state index is -0.839. The molecule has 1 N–H and O–H groups in total. The Morgan fingerprint density at radius 2 is 1.96 bits per heavy atom. The minimum Gasteiger partial charge on any atom is -0.484 e. The highest BCUT2D eigenvalue weighted by Crippen LogP contribution is 2.24. The third-order valence-corrected chi connectivity index (χ3v) is 4.75. The number of halogens is 1. The summed E-state index contributed by atoms with van der Waals surface area (Å²) >= 11 is 3.44. The van der Waals surface area contributed by atoms with Crippen LogP contribution in [0.3, 0.4) is 0 Å². The van der Waals surface area contributed by atoms with Crippen molar-refractivity contribution in [2.45, 2.75) is 12.8 Å². The number of hydrogen-bond acceptors (Lipinski definition) is 3. The van der Waals surface area contributed by atoms with Gasteiger partial charge in [-0.2, -0.15) is 0 Å². The van der Waals surface area contributed by atoms with E-state index in [4.69, 9.17) is 9.84 Å². The van der Waals surface area contributed by atoms with Crippen molar-refractivity contribution in [2.24, 2.45) is 5.92 Å². The van der Waals surface area contributed by atoms with Crippen molar-refractivity contribution < 1.29 is 19.4 Å². The molecule has 1 atom stereocenters. The first-order valence-electron chi connectivity index (χ1n) is 7.85. The van der Waals surface area contributed by atoms with Gasteiger partial charge in [-0.1, -0.05) is 28.1 Å². The lowest BCUT2D eigenvalue weighted by Crippen LogP contribution is -2.44. The Morgan fingerprint density at radius 3 is 2.75 bits per heavy atom. The lowest BCUT2D eigenvalue weighted by molar-refractivity contribution is -0.146. The number of ether oxygens (including phenoxy) is 1. The van der Waals surface area contributed by atoms with E-state index in [1.165, 1.54) is 0 Å². The number of carbonyl (C=O) groups is 2. The van der Waals surface area contributed by atoms with Gasteiger partial charge in [-0.15, -0.1) is 0 Å². The Bertz CT molecular complexity index is 777. The van der Waals surface area contributed by atoms with E-state index in [1.54, 1.807) is 4.90 Å². The molecule has 1 aliphatic heterocycles. The standard InChI is InChI=1S/C18H18BrNO4/c19-15-5-3-13-9-16(6-4-12(13)8-15)24-11-17(21)20-7-1-2-14(10-20)18(22)23/h3-6,8-9,14H,1-2,7,10-11H2,(H,22,23)/t14-/m0/s1. The van der Waals surface area contributed by atoms with E-state index in [1.807, 2.05) is 36.4 Å². The fourth-order valence-electron chi connectivity index (χ4n) is 2.93. The smallest absolute Gasteiger partial charge is 0.308 e. The molecular formula is C18H18BrNO4. The highest BCUT2D eigenvalue weighted by atomic mass is 79.9. The molecule has 0 radical (unpaired) electrons. The van der Waals surface area contributed by atoms with E-state index in [2.05, 4.69) is 15.9 Å². The number of benzene rings is 2. The van der Waals surface area contributed by atoms with E-state index in [9.17, 15) is 9.59 Å². The molecule has 1 fully saturated rings. The number of carboxylic acid groups (broad SMARTS) is 1. The predicted molar refractivity (Wildman–Crippen MR) is 94.1 cm³/mol. The molecule has 1 heterocycles. The first-order valence-corrected chi connectivity index (χ1v) is 8.65. The molecule has 1 saturated heterocycles. The maximum Gasteiger partial charge on any atom is 0.308 e. The summed E-state index contributed by atoms with van der Waals surface area (Å²) in [5.41, 5.74) is 0. The Balaban J connectivity index is 1.61. The van der Waals surface area contributed by atoms with Crippen molar-refractivity contribution in [3.63, 3.8) is 0 Å². The quantitative estimate of drug-likeness (QED) is 0.867. The summed E-state index contributed by atoms with van der Waals surface area (Å²) in [6.45, 7) is 0.787. The summed E-state index contributed by atoms with van der Waals surface area (Å²) in [5.74, 6) is -0.849. The summed E-state index contributed by atoms with van der Waals surface area (Å²) < 4.78 is 6.62. The first-order chi connectivity index (χ1) is 11.5. The zero-order valence-electron chi connectivity index (χ0n) is 13.1. The number of aliphatic carboxylic acids is 1. The second-order valence-electron chi connectivity index (χ2n) is 5.96. The molecule has 0 aromatic heterocycles. The molecule has 2 aromatic rings. The van der Waals surface area contributed by atoms with Gasteiger partial charge in [0.05, 0.1) is 5.92 Å². The topological polar surface area (TPSA) is 66.8 Å². The Morgan fingerprint density at radius 1 is 1.21 bits per heavy atom. The van der Waals surface area contributed by atoms with Crippen LogP contribution in [0.5, 0.6) is 5.75 Å². The van der Waals surface area contributed by atoms with E-state index in [-0.39, 0.29) is 19.1 Å². The zero-order valence-corrected chi connectivity index (χ0v) is 14.7. The lowest BCUT2D eigenvalue weighted by Gasteiger charge is -2.30. The molecule has 3 rings (SSSR count). The van der Waals surface area contributed by atoms with Gasteiger partial charge < -0.3 is 14.7 Å². The van der Waals surface area contributed by atoms with Gasteiger partial charge in [0.2, 0.25) is 0 Å². The number of fused-ring (bicyclic) bond motifs is 1. The fourth-order valence-corrected chi connectivity index (χ4v) is 3.30. The van der Waals surface area contributed by atoms with Gasteiger partial charge in [-0.3, -0.25) is 9.59 Å². The van der Waals surface area contributed by atoms with Crippen molar-refractivity contribution in [3.8, 4) is 5.75 Å². The summed E-state index contributed by atoms with van der Waals surface area (Å²) in [7, 11) is 0. The summed E-state index contributed by atoms with van der Waals surface area (Å²) in [6.07, 6.45) is 1.34. The van der Waals surface area contributed by atoms with Gasteiger partial charge in [0, 0.05) is 17.6 Å². The summed E-state index contributed by atoms with van der Waals surface area (Å²) in [4.78, 5) is 24.9. The predicted octanol–water partition coefficient (Wildman–Crippen LogP) is 3.30. The normalized spacial score (nSPS) is 17.7. The Kier molecular flexibility index (Phi) is 5.04. The van der Waals surface area contributed by atoms with Crippen molar-refractivity contribution in [1.82, 2.24) is 4.90 Å². The highest BCUT2D eigenvalue weighted by molar-refractivity contribution is 9.10. The van der Waals surface area contributed by atoms with Gasteiger partial charge in [-0.25, -0.2) is 0 Å². The monoisotopic (exact) mass is 391 g/mol. The van der Waals surface area contributed by atoms with E-state index < -0.39 is 11.9 Å². The van der Waals surface area contributed by atoms with E-state index >= 15 is 0 Å². The van der Waals surface area contributed by atoms with Crippen LogP contribution in [-0.4, -0.2) is 41.6 Å². The minimum absolute atomic E-state index is 0.0750. The van der Waals surface area contributed by atoms with Gasteiger partial charge in [0.1, 0.15) is 5.75 Å². The summed E-state index contributed by atoms with van der Waals surface area (Å²) in [6, 6.07) is 11.6. The molecule has 1 amide bonds. The van der Waals surface area contributed by atoms with Gasteiger partial charge in [-0.05, 0) is 47.9 Å². The maximum atomic E-state index is 12.2. The highest BCUT2D eigenvalue weighted by Gasteiger charge is 2.28. The number of piperidine rings is 1. The molecule has 0 saturated carbocycles. The molecule has 5 nitrogen and oxygen atoms in total. The third kappa shape index (κ3) is 3.87. The van der Waals surface area contributed by atoms with Crippen molar-refractivity contribution in [2.75, 3.05) is 19.7 Å². The Labute approximate surface area is 148 Å². The second kappa shape index (κ2) is 7.21. The molecule has 1 aliphatic rings. The third-order valence-electron chi connectivity index (χ3n) is 4.26. The van der Waals surface area contributed by atoms with Gasteiger partial charge in [0.15, 0.2) is 6.61 Å². The first kappa shape index (κ1) is 16.8. The van der Waals surface area contributed by atoms with Crippen LogP contribution in [0.2, 0.25) is 0 Å². The number of amides is 1. The lowest BCUT2D eigenvalue weighted by atomic mass is 9.98. The average molecular weight is 392 g/mol. The molecule has 0 unspecified atom stereocenters. The van der Waals surface area contributed by atoms with Crippen molar-refractivity contribution in [1.29, 1.82) is 0 Å². The van der Waals surface area contributed by atoms with Crippen LogP contribution in [0.1, 0.15) is 12.8 Å². The molecule has 2 aromatic carbocycles. The molecule has 0 bridgehead atoms. The second-order valence-corrected chi connectivity index (χ2v) is 6.87. The molecule has 0 aliphatic carbocycles. The average Bonchev–Trinajstić information content (AvgIpc) is 2.59. The molecule has 24 heavy (non-hydrogen) atoms. The van der Waals surface area contributed by atoms with E-state index in [0.29, 0.717) is 25.1 Å². The Hall–Kier alpha value is -2.08. The van der Waals surface area contributed by atoms with Crippen LogP contribution in [0, 0.1) is 5.92 Å². The number of likely N-dealkylation sites (tertiary alicyclic amines) is 1.